The molecule has 2 saturated heterocycles. The lowest BCUT2D eigenvalue weighted by molar-refractivity contribution is -0.161. The molecule has 0 saturated carbocycles. The summed E-state index contributed by atoms with van der Waals surface area (Å²) in [6.07, 6.45) is 1.80. The van der Waals surface area contributed by atoms with Gasteiger partial charge in [-0.25, -0.2) is 4.39 Å². The average molecular weight is 508 g/mol. The van der Waals surface area contributed by atoms with E-state index in [4.69, 9.17) is 4.74 Å². The molecule has 0 bridgehead atoms. The van der Waals surface area contributed by atoms with Gasteiger partial charge in [0.2, 0.25) is 17.7 Å². The fraction of sp³-hybridized carbons (Fsp3) is 0.483. The molecule has 7 nitrogen and oxygen atoms in total. The van der Waals surface area contributed by atoms with Crippen molar-refractivity contribution in [2.75, 3.05) is 26.3 Å². The zero-order chi connectivity index (χ0) is 26.1. The van der Waals surface area contributed by atoms with Crippen LogP contribution < -0.4 is 5.32 Å². The molecule has 1 aliphatic carbocycles. The molecule has 0 radical (unpaired) electrons. The van der Waals surface area contributed by atoms with Gasteiger partial charge < -0.3 is 19.9 Å². The number of piperazine rings is 1. The number of nitrogens with one attached hydrogen (secondary N) is 1. The van der Waals surface area contributed by atoms with Crippen molar-refractivity contribution in [3.8, 4) is 0 Å². The smallest absolute Gasteiger partial charge is 0.250 e. The Hall–Kier alpha value is -3.26. The number of nitrogens with zero attached hydrogens (tertiary/aromatic N) is 2. The summed E-state index contributed by atoms with van der Waals surface area (Å²) in [5.74, 6) is -1.16. The SMILES string of the molecule is CC(C)CC1C(=O)NC(C2Cc3ccccc3C2)C(=O)N1C(C(=O)N1CCOCC1)c1ccc(F)cc1. The topological polar surface area (TPSA) is 79.0 Å². The number of hydrogen-bond acceptors (Lipinski definition) is 4. The molecule has 2 aromatic rings. The first-order valence-corrected chi connectivity index (χ1v) is 13.1. The van der Waals surface area contributed by atoms with E-state index >= 15 is 0 Å². The van der Waals surface area contributed by atoms with E-state index in [9.17, 15) is 18.8 Å². The minimum atomic E-state index is -1.02. The summed E-state index contributed by atoms with van der Waals surface area (Å²) in [5.41, 5.74) is 2.87. The number of halogens is 1. The van der Waals surface area contributed by atoms with Crippen molar-refractivity contribution in [3.63, 3.8) is 0 Å². The van der Waals surface area contributed by atoms with Crippen LogP contribution in [0.25, 0.3) is 0 Å². The van der Waals surface area contributed by atoms with E-state index in [-0.39, 0.29) is 29.6 Å². The standard InChI is InChI=1S/C29H34FN3O4/c1-18(2)15-24-27(34)31-25(22-16-20-5-3-4-6-21(20)17-22)28(35)33(24)26(19-7-9-23(30)10-8-19)29(36)32-11-13-37-14-12-32/h3-10,18,22,24-26H,11-17H2,1-2H3,(H,31,34). The average Bonchev–Trinajstić information content (AvgIpc) is 3.33. The van der Waals surface area contributed by atoms with Crippen molar-refractivity contribution in [3.05, 3.63) is 71.0 Å². The highest BCUT2D eigenvalue weighted by Crippen LogP contribution is 2.36. The van der Waals surface area contributed by atoms with E-state index in [1.165, 1.54) is 28.2 Å². The number of benzene rings is 2. The van der Waals surface area contributed by atoms with Crippen LogP contribution in [0.2, 0.25) is 0 Å². The fourth-order valence-electron chi connectivity index (χ4n) is 5.90. The quantitative estimate of drug-likeness (QED) is 0.652. The number of amides is 3. The zero-order valence-electron chi connectivity index (χ0n) is 21.4. The maximum Gasteiger partial charge on any atom is 0.250 e. The molecule has 8 heteroatoms. The predicted molar refractivity (Wildman–Crippen MR) is 136 cm³/mol. The van der Waals surface area contributed by atoms with Crippen LogP contribution in [-0.4, -0.2) is 65.9 Å². The van der Waals surface area contributed by atoms with E-state index in [0.29, 0.717) is 51.1 Å². The highest BCUT2D eigenvalue weighted by molar-refractivity contribution is 6.00. The van der Waals surface area contributed by atoms with Crippen molar-refractivity contribution in [1.29, 1.82) is 0 Å². The molecule has 37 heavy (non-hydrogen) atoms. The van der Waals surface area contributed by atoms with E-state index in [1.54, 1.807) is 17.0 Å². The Kier molecular flexibility index (Phi) is 7.29. The monoisotopic (exact) mass is 507 g/mol. The van der Waals surface area contributed by atoms with Gasteiger partial charge in [0, 0.05) is 13.1 Å². The summed E-state index contributed by atoms with van der Waals surface area (Å²) < 4.78 is 19.3. The number of fused-ring (bicyclic) bond motifs is 1. The molecule has 196 valence electrons. The van der Waals surface area contributed by atoms with Gasteiger partial charge in [-0.1, -0.05) is 50.2 Å². The summed E-state index contributed by atoms with van der Waals surface area (Å²) in [5, 5.41) is 3.03. The van der Waals surface area contributed by atoms with E-state index in [2.05, 4.69) is 17.4 Å². The summed E-state index contributed by atoms with van der Waals surface area (Å²) >= 11 is 0. The zero-order valence-corrected chi connectivity index (χ0v) is 21.4. The van der Waals surface area contributed by atoms with Gasteiger partial charge in [-0.3, -0.25) is 14.4 Å². The van der Waals surface area contributed by atoms with Crippen LogP contribution in [0, 0.1) is 17.7 Å². The van der Waals surface area contributed by atoms with Crippen LogP contribution >= 0.6 is 0 Å². The second kappa shape index (κ2) is 10.6. The molecule has 0 aromatic heterocycles. The van der Waals surface area contributed by atoms with Crippen molar-refractivity contribution >= 4 is 17.7 Å². The summed E-state index contributed by atoms with van der Waals surface area (Å²) in [4.78, 5) is 45.1. The number of rotatable bonds is 6. The Morgan fingerprint density at radius 2 is 1.65 bits per heavy atom. The molecular weight excluding hydrogens is 473 g/mol. The van der Waals surface area contributed by atoms with E-state index in [0.717, 1.165) is 0 Å². The maximum atomic E-state index is 14.3. The fourth-order valence-corrected chi connectivity index (χ4v) is 5.90. The van der Waals surface area contributed by atoms with Crippen LogP contribution in [0.15, 0.2) is 48.5 Å². The second-order valence-electron chi connectivity index (χ2n) is 10.7. The van der Waals surface area contributed by atoms with Crippen LogP contribution in [0.1, 0.15) is 43.0 Å². The molecule has 2 aliphatic heterocycles. The number of morpholine rings is 1. The van der Waals surface area contributed by atoms with Gasteiger partial charge in [0.1, 0.15) is 23.9 Å². The van der Waals surface area contributed by atoms with Crippen molar-refractivity contribution < 1.29 is 23.5 Å². The first kappa shape index (κ1) is 25.4. The normalized spacial score (nSPS) is 23.2. The molecule has 2 heterocycles. The van der Waals surface area contributed by atoms with Crippen molar-refractivity contribution in [2.45, 2.75) is 51.2 Å². The van der Waals surface area contributed by atoms with E-state index < -0.39 is 23.9 Å². The van der Waals surface area contributed by atoms with Gasteiger partial charge >= 0.3 is 0 Å². The van der Waals surface area contributed by atoms with Crippen molar-refractivity contribution in [2.24, 2.45) is 11.8 Å². The van der Waals surface area contributed by atoms with Gasteiger partial charge in [0.15, 0.2) is 0 Å². The molecule has 2 aromatic carbocycles. The minimum Gasteiger partial charge on any atom is -0.378 e. The maximum absolute atomic E-state index is 14.3. The molecule has 3 atom stereocenters. The molecule has 1 N–H and O–H groups in total. The van der Waals surface area contributed by atoms with Crippen molar-refractivity contribution in [1.82, 2.24) is 15.1 Å². The summed E-state index contributed by atoms with van der Waals surface area (Å²) in [6.45, 7) is 5.62. The number of ether oxygens (including phenoxy) is 1. The second-order valence-corrected chi connectivity index (χ2v) is 10.7. The van der Waals surface area contributed by atoms with Gasteiger partial charge in [0.05, 0.1) is 13.2 Å². The third-order valence-electron chi connectivity index (χ3n) is 7.73. The third kappa shape index (κ3) is 5.12. The van der Waals surface area contributed by atoms with Crippen LogP contribution in [0.4, 0.5) is 4.39 Å². The largest absolute Gasteiger partial charge is 0.378 e. The van der Waals surface area contributed by atoms with Gasteiger partial charge in [0.25, 0.3) is 0 Å². The first-order valence-electron chi connectivity index (χ1n) is 13.1. The molecule has 2 fully saturated rings. The Bertz CT molecular complexity index is 1140. The highest BCUT2D eigenvalue weighted by atomic mass is 19.1. The molecule has 0 spiro atoms. The van der Waals surface area contributed by atoms with Crippen LogP contribution in [0.3, 0.4) is 0 Å². The first-order chi connectivity index (χ1) is 17.8. The van der Waals surface area contributed by atoms with Gasteiger partial charge in [-0.2, -0.15) is 0 Å². The third-order valence-corrected chi connectivity index (χ3v) is 7.73. The van der Waals surface area contributed by atoms with Gasteiger partial charge in [-0.15, -0.1) is 0 Å². The molecule has 3 amide bonds. The lowest BCUT2D eigenvalue weighted by Gasteiger charge is -2.46. The molecule has 3 unspecified atom stereocenters. The Morgan fingerprint density at radius 3 is 2.24 bits per heavy atom. The molecule has 5 rings (SSSR count). The van der Waals surface area contributed by atoms with Gasteiger partial charge in [-0.05, 0) is 59.9 Å². The predicted octanol–water partition coefficient (Wildman–Crippen LogP) is 2.88. The van der Waals surface area contributed by atoms with Crippen LogP contribution in [-0.2, 0) is 32.0 Å². The van der Waals surface area contributed by atoms with Crippen LogP contribution in [0.5, 0.6) is 0 Å². The number of hydrogen-bond donors (Lipinski definition) is 1. The Balaban J connectivity index is 1.54. The molecule has 3 aliphatic rings. The lowest BCUT2D eigenvalue weighted by Crippen LogP contribution is -2.67. The number of carbonyl (C=O) groups excluding carboxylic acids is 3. The molecular formula is C29H34FN3O4. The number of carbonyl (C=O) groups is 3. The lowest BCUT2D eigenvalue weighted by atomic mass is 9.87. The van der Waals surface area contributed by atoms with E-state index in [1.807, 2.05) is 26.0 Å². The summed E-state index contributed by atoms with van der Waals surface area (Å²) in [6, 6.07) is 11.2. The Labute approximate surface area is 217 Å². The highest BCUT2D eigenvalue weighted by Gasteiger charge is 2.50. The Morgan fingerprint density at radius 1 is 1.03 bits per heavy atom. The summed E-state index contributed by atoms with van der Waals surface area (Å²) in [7, 11) is 0. The minimum absolute atomic E-state index is 0.0938.